The van der Waals surface area contributed by atoms with E-state index in [4.69, 9.17) is 9.47 Å². The Kier molecular flexibility index (Phi) is 5.87. The molecule has 0 bridgehead atoms. The summed E-state index contributed by atoms with van der Waals surface area (Å²) in [6, 6.07) is 15.7. The van der Waals surface area contributed by atoms with Crippen molar-refractivity contribution < 1.29 is 22.7 Å². The first-order chi connectivity index (χ1) is 16.9. The van der Waals surface area contributed by atoms with Crippen molar-refractivity contribution in [2.75, 3.05) is 24.5 Å². The van der Waals surface area contributed by atoms with Gasteiger partial charge in [0.1, 0.15) is 13.2 Å². The van der Waals surface area contributed by atoms with Crippen LogP contribution < -0.4 is 25.2 Å². The summed E-state index contributed by atoms with van der Waals surface area (Å²) in [7, 11) is -3.87. The number of benzene rings is 2. The van der Waals surface area contributed by atoms with E-state index < -0.39 is 10.0 Å². The topological polar surface area (TPSA) is 133 Å². The van der Waals surface area contributed by atoms with Crippen molar-refractivity contribution in [3.63, 3.8) is 0 Å². The Bertz CT molecular complexity index is 1560. The summed E-state index contributed by atoms with van der Waals surface area (Å²) >= 11 is 0. The molecule has 12 heteroatoms. The van der Waals surface area contributed by atoms with E-state index in [1.807, 2.05) is 0 Å². The average Bonchev–Trinajstić information content (AvgIpc) is 3.19. The standard InChI is InChI=1S/C23H21N5O6S/c29-22(24-10-12-28-23(30)27-11-2-1-3-21(27)25-28)16-4-6-17(7-5-16)26-35(31,32)18-8-9-19-20(15-18)34-14-13-33-19/h1-9,11,15,26H,10,12-14H2,(H,24,29). The van der Waals surface area contributed by atoms with Gasteiger partial charge >= 0.3 is 5.69 Å². The Morgan fingerprint density at radius 3 is 2.54 bits per heavy atom. The first kappa shape index (κ1) is 22.5. The summed E-state index contributed by atoms with van der Waals surface area (Å²) in [5.74, 6) is 0.511. The van der Waals surface area contributed by atoms with Gasteiger partial charge in [-0.05, 0) is 48.5 Å². The Balaban J connectivity index is 1.20. The molecule has 2 aromatic carbocycles. The number of carbonyl (C=O) groups is 1. The number of fused-ring (bicyclic) bond motifs is 2. The first-order valence-corrected chi connectivity index (χ1v) is 12.2. The third kappa shape index (κ3) is 4.68. The highest BCUT2D eigenvalue weighted by molar-refractivity contribution is 7.92. The summed E-state index contributed by atoms with van der Waals surface area (Å²) in [6.07, 6.45) is 1.63. The van der Waals surface area contributed by atoms with Gasteiger partial charge in [-0.25, -0.2) is 17.9 Å². The van der Waals surface area contributed by atoms with E-state index >= 15 is 0 Å². The van der Waals surface area contributed by atoms with Crippen molar-refractivity contribution in [1.82, 2.24) is 19.5 Å². The number of pyridine rings is 1. The molecule has 4 aromatic rings. The summed E-state index contributed by atoms with van der Waals surface area (Å²) < 4.78 is 41.6. The molecule has 1 aliphatic rings. The van der Waals surface area contributed by atoms with E-state index in [0.717, 1.165) is 0 Å². The Hall–Kier alpha value is -4.32. The monoisotopic (exact) mass is 495 g/mol. The summed E-state index contributed by atoms with van der Waals surface area (Å²) in [6.45, 7) is 1.17. The molecule has 0 unspecified atom stereocenters. The van der Waals surface area contributed by atoms with Crippen LogP contribution >= 0.6 is 0 Å². The lowest BCUT2D eigenvalue weighted by Gasteiger charge is -2.19. The normalized spacial score (nSPS) is 12.9. The van der Waals surface area contributed by atoms with Gasteiger partial charge in [-0.3, -0.25) is 13.9 Å². The van der Waals surface area contributed by atoms with Crippen LogP contribution in [0.3, 0.4) is 0 Å². The molecule has 0 atom stereocenters. The Labute approximate surface area is 200 Å². The van der Waals surface area contributed by atoms with Crippen molar-refractivity contribution in [2.24, 2.45) is 0 Å². The summed E-state index contributed by atoms with van der Waals surface area (Å²) in [5.41, 5.74) is 0.880. The average molecular weight is 496 g/mol. The molecule has 2 aromatic heterocycles. The minimum absolute atomic E-state index is 0.0331. The van der Waals surface area contributed by atoms with Crippen LogP contribution in [0, 0.1) is 0 Å². The van der Waals surface area contributed by atoms with Gasteiger partial charge in [-0.1, -0.05) is 6.07 Å². The number of amides is 1. The van der Waals surface area contributed by atoms with E-state index in [2.05, 4.69) is 15.1 Å². The number of hydrogen-bond acceptors (Lipinski definition) is 7. The summed E-state index contributed by atoms with van der Waals surface area (Å²) in [4.78, 5) is 24.8. The van der Waals surface area contributed by atoms with Crippen LogP contribution in [0.2, 0.25) is 0 Å². The smallest absolute Gasteiger partial charge is 0.350 e. The predicted octanol–water partition coefficient (Wildman–Crippen LogP) is 1.50. The number of anilines is 1. The number of aromatic nitrogens is 3. The van der Waals surface area contributed by atoms with Crippen molar-refractivity contribution >= 4 is 27.3 Å². The minimum atomic E-state index is -3.87. The number of nitrogens with one attached hydrogen (secondary N) is 2. The number of sulfonamides is 1. The van der Waals surface area contributed by atoms with Gasteiger partial charge < -0.3 is 14.8 Å². The van der Waals surface area contributed by atoms with Gasteiger partial charge in [0.2, 0.25) is 0 Å². The van der Waals surface area contributed by atoms with Crippen molar-refractivity contribution in [3.8, 4) is 11.5 Å². The molecule has 2 N–H and O–H groups in total. The molecule has 1 amide bonds. The van der Waals surface area contributed by atoms with Gasteiger partial charge in [0.05, 0.1) is 11.4 Å². The zero-order chi connectivity index (χ0) is 24.4. The van der Waals surface area contributed by atoms with Crippen molar-refractivity contribution in [1.29, 1.82) is 0 Å². The van der Waals surface area contributed by atoms with Crippen LogP contribution in [-0.2, 0) is 16.6 Å². The van der Waals surface area contributed by atoms with Gasteiger partial charge in [-0.15, -0.1) is 5.10 Å². The summed E-state index contributed by atoms with van der Waals surface area (Å²) in [5, 5.41) is 6.94. The fourth-order valence-corrected chi connectivity index (χ4v) is 4.66. The van der Waals surface area contributed by atoms with E-state index in [9.17, 15) is 18.0 Å². The second-order valence-electron chi connectivity index (χ2n) is 7.68. The lowest BCUT2D eigenvalue weighted by atomic mass is 10.2. The third-order valence-electron chi connectivity index (χ3n) is 5.32. The van der Waals surface area contributed by atoms with Crippen molar-refractivity contribution in [3.05, 3.63) is 82.9 Å². The zero-order valence-electron chi connectivity index (χ0n) is 18.4. The Morgan fingerprint density at radius 1 is 1.00 bits per heavy atom. The van der Waals surface area contributed by atoms with Crippen LogP contribution in [0.15, 0.2) is 76.6 Å². The molecule has 0 saturated heterocycles. The number of rotatable bonds is 7. The molecular weight excluding hydrogens is 474 g/mol. The maximum absolute atomic E-state index is 12.8. The van der Waals surface area contributed by atoms with E-state index in [1.54, 1.807) is 30.5 Å². The number of nitrogens with zero attached hydrogens (tertiary/aromatic N) is 3. The fraction of sp³-hybridized carbons (Fsp3) is 0.174. The third-order valence-corrected chi connectivity index (χ3v) is 6.70. The Morgan fingerprint density at radius 2 is 1.77 bits per heavy atom. The molecule has 0 radical (unpaired) electrons. The molecule has 0 saturated carbocycles. The van der Waals surface area contributed by atoms with Crippen LogP contribution in [0.5, 0.6) is 11.5 Å². The predicted molar refractivity (Wildman–Crippen MR) is 126 cm³/mol. The largest absolute Gasteiger partial charge is 0.486 e. The second kappa shape index (κ2) is 9.14. The zero-order valence-corrected chi connectivity index (χ0v) is 19.2. The van der Waals surface area contributed by atoms with Crippen LogP contribution in [-0.4, -0.2) is 48.3 Å². The number of carbonyl (C=O) groups excluding carboxylic acids is 1. The van der Waals surface area contributed by atoms with E-state index in [1.165, 1.54) is 45.5 Å². The maximum Gasteiger partial charge on any atom is 0.350 e. The number of ether oxygens (including phenoxy) is 2. The van der Waals surface area contributed by atoms with Crippen molar-refractivity contribution in [2.45, 2.75) is 11.4 Å². The molecule has 180 valence electrons. The lowest BCUT2D eigenvalue weighted by Crippen LogP contribution is -2.31. The molecule has 5 rings (SSSR count). The van der Waals surface area contributed by atoms with Gasteiger partial charge in [0, 0.05) is 30.1 Å². The fourth-order valence-electron chi connectivity index (χ4n) is 3.59. The molecule has 35 heavy (non-hydrogen) atoms. The molecular formula is C23H21N5O6S. The quantitative estimate of drug-likeness (QED) is 0.397. The lowest BCUT2D eigenvalue weighted by molar-refractivity contribution is 0.0952. The highest BCUT2D eigenvalue weighted by atomic mass is 32.2. The van der Waals surface area contributed by atoms with Gasteiger partial charge in [-0.2, -0.15) is 0 Å². The minimum Gasteiger partial charge on any atom is -0.486 e. The maximum atomic E-state index is 12.8. The highest BCUT2D eigenvalue weighted by Crippen LogP contribution is 2.32. The van der Waals surface area contributed by atoms with Gasteiger partial charge in [0.15, 0.2) is 17.1 Å². The van der Waals surface area contributed by atoms with Gasteiger partial charge in [0.25, 0.3) is 15.9 Å². The molecule has 11 nitrogen and oxygen atoms in total. The second-order valence-corrected chi connectivity index (χ2v) is 9.36. The molecule has 0 spiro atoms. The van der Waals surface area contributed by atoms with E-state index in [0.29, 0.717) is 41.6 Å². The SMILES string of the molecule is O=C(NCCn1nc2ccccn2c1=O)c1ccc(NS(=O)(=O)c2ccc3c(c2)OCCO3)cc1. The highest BCUT2D eigenvalue weighted by Gasteiger charge is 2.19. The molecule has 0 fully saturated rings. The van der Waals surface area contributed by atoms with Crippen LogP contribution in [0.4, 0.5) is 5.69 Å². The molecule has 1 aliphatic heterocycles. The van der Waals surface area contributed by atoms with Crippen LogP contribution in [0.25, 0.3) is 5.65 Å². The van der Waals surface area contributed by atoms with E-state index in [-0.39, 0.29) is 29.6 Å². The number of hydrogen-bond donors (Lipinski definition) is 2. The molecule has 3 heterocycles. The molecule has 0 aliphatic carbocycles. The first-order valence-electron chi connectivity index (χ1n) is 10.8. The van der Waals surface area contributed by atoms with Crippen LogP contribution in [0.1, 0.15) is 10.4 Å².